The summed E-state index contributed by atoms with van der Waals surface area (Å²) in [5, 5.41) is 12.2. The molecule has 7 heteroatoms. The molecule has 1 amide bonds. The van der Waals surface area contributed by atoms with Crippen LogP contribution in [-0.4, -0.2) is 27.5 Å². The van der Waals surface area contributed by atoms with Gasteiger partial charge in [-0.25, -0.2) is 0 Å². The molecule has 0 aromatic carbocycles. The Kier molecular flexibility index (Phi) is 3.05. The molecule has 0 bridgehead atoms. The van der Waals surface area contributed by atoms with Gasteiger partial charge in [-0.05, 0) is 19.3 Å². The molecule has 88 valence electrons. The number of nitrogens with one attached hydrogen (secondary N) is 2. The fourth-order valence-corrected chi connectivity index (χ4v) is 2.47. The number of aromatic amines is 1. The summed E-state index contributed by atoms with van der Waals surface area (Å²) in [7, 11) is 0. The molecule has 0 atom stereocenters. The Hall–Kier alpha value is -0.850. The molecule has 1 aromatic rings. The molecule has 0 aliphatic heterocycles. The number of H-pyrrole nitrogens is 1. The van der Waals surface area contributed by atoms with Gasteiger partial charge < -0.3 is 10.4 Å². The molecular weight excluding hydrogens is 252 g/mol. The van der Waals surface area contributed by atoms with Crippen LogP contribution in [0.3, 0.4) is 0 Å². The summed E-state index contributed by atoms with van der Waals surface area (Å²) in [6.45, 7) is 0.203. The third-order valence-corrected chi connectivity index (χ3v) is 4.07. The topological polar surface area (TPSA) is 82.2 Å². The zero-order chi connectivity index (χ0) is 11.8. The molecule has 5 nitrogen and oxygen atoms in total. The minimum Gasteiger partial charge on any atom is -0.388 e. The van der Waals surface area contributed by atoms with Crippen LogP contribution in [0, 0.1) is 0 Å². The molecule has 1 saturated carbocycles. The summed E-state index contributed by atoms with van der Waals surface area (Å²) in [6, 6.07) is 0. The minimum atomic E-state index is -0.774. The largest absolute Gasteiger partial charge is 0.388 e. The molecule has 0 saturated heterocycles. The Morgan fingerprint density at radius 1 is 1.62 bits per heavy atom. The van der Waals surface area contributed by atoms with E-state index < -0.39 is 17.1 Å². The van der Waals surface area contributed by atoms with E-state index in [0.29, 0.717) is 12.8 Å². The quantitative estimate of drug-likeness (QED) is 0.751. The fourth-order valence-electron chi connectivity index (χ4n) is 1.52. The number of rotatable bonds is 3. The van der Waals surface area contributed by atoms with E-state index in [4.69, 9.17) is 11.6 Å². The van der Waals surface area contributed by atoms with Crippen molar-refractivity contribution in [2.45, 2.75) is 24.9 Å². The standard InChI is InChI=1S/C9H11ClN2O3S/c10-5-6(16-12-7(5)13)8(14)11-4-9(15)2-1-3-9/h15H,1-4H2,(H,11,14)(H,12,13). The number of aromatic nitrogens is 1. The smallest absolute Gasteiger partial charge is 0.277 e. The monoisotopic (exact) mass is 262 g/mol. The van der Waals surface area contributed by atoms with Crippen molar-refractivity contribution in [1.82, 2.24) is 9.69 Å². The third-order valence-electron chi connectivity index (χ3n) is 2.71. The average molecular weight is 263 g/mol. The maximum atomic E-state index is 11.6. The van der Waals surface area contributed by atoms with E-state index in [1.54, 1.807) is 0 Å². The van der Waals surface area contributed by atoms with Crippen molar-refractivity contribution in [2.75, 3.05) is 6.54 Å². The van der Waals surface area contributed by atoms with E-state index in [2.05, 4.69) is 9.69 Å². The van der Waals surface area contributed by atoms with Gasteiger partial charge in [0.05, 0.1) is 5.60 Å². The lowest BCUT2D eigenvalue weighted by Gasteiger charge is -2.36. The maximum absolute atomic E-state index is 11.6. The molecule has 1 aliphatic rings. The van der Waals surface area contributed by atoms with Gasteiger partial charge in [-0.15, -0.1) is 0 Å². The molecule has 1 aliphatic carbocycles. The Morgan fingerprint density at radius 3 is 2.75 bits per heavy atom. The summed E-state index contributed by atoms with van der Waals surface area (Å²) < 4.78 is 2.37. The van der Waals surface area contributed by atoms with Gasteiger partial charge >= 0.3 is 0 Å². The van der Waals surface area contributed by atoms with Crippen molar-refractivity contribution in [3.05, 3.63) is 20.3 Å². The molecule has 1 heterocycles. The highest BCUT2D eigenvalue weighted by atomic mass is 35.5. The number of amides is 1. The molecule has 1 aromatic heterocycles. The Labute approximate surface area is 101 Å². The fraction of sp³-hybridized carbons (Fsp3) is 0.556. The van der Waals surface area contributed by atoms with Crippen LogP contribution in [0.15, 0.2) is 4.79 Å². The highest BCUT2D eigenvalue weighted by Crippen LogP contribution is 2.30. The highest BCUT2D eigenvalue weighted by molar-refractivity contribution is 7.08. The van der Waals surface area contributed by atoms with Crippen LogP contribution in [0.25, 0.3) is 0 Å². The molecular formula is C9H11ClN2O3S. The van der Waals surface area contributed by atoms with Gasteiger partial charge in [0.15, 0.2) is 0 Å². The molecule has 2 rings (SSSR count). The predicted molar refractivity (Wildman–Crippen MR) is 61.1 cm³/mol. The summed E-state index contributed by atoms with van der Waals surface area (Å²) in [5.41, 5.74) is -1.23. The Balaban J connectivity index is 1.98. The van der Waals surface area contributed by atoms with Crippen LogP contribution in [0.5, 0.6) is 0 Å². The van der Waals surface area contributed by atoms with Crippen LogP contribution < -0.4 is 10.9 Å². The van der Waals surface area contributed by atoms with E-state index >= 15 is 0 Å². The third kappa shape index (κ3) is 2.14. The van der Waals surface area contributed by atoms with Crippen molar-refractivity contribution >= 4 is 29.0 Å². The van der Waals surface area contributed by atoms with Crippen molar-refractivity contribution in [2.24, 2.45) is 0 Å². The van der Waals surface area contributed by atoms with Crippen molar-refractivity contribution < 1.29 is 9.90 Å². The summed E-state index contributed by atoms with van der Waals surface area (Å²) in [4.78, 5) is 22.8. The lowest BCUT2D eigenvalue weighted by atomic mass is 9.80. The van der Waals surface area contributed by atoms with E-state index in [0.717, 1.165) is 18.0 Å². The van der Waals surface area contributed by atoms with Crippen LogP contribution in [0.1, 0.15) is 28.9 Å². The number of aliphatic hydroxyl groups is 1. The Morgan fingerprint density at radius 2 is 2.31 bits per heavy atom. The van der Waals surface area contributed by atoms with E-state index in [-0.39, 0.29) is 16.4 Å². The number of hydrogen-bond donors (Lipinski definition) is 3. The lowest BCUT2D eigenvalue weighted by Crippen LogP contribution is -2.47. The van der Waals surface area contributed by atoms with E-state index in [9.17, 15) is 14.7 Å². The first-order valence-electron chi connectivity index (χ1n) is 4.89. The molecule has 1 fully saturated rings. The molecule has 0 spiro atoms. The summed E-state index contributed by atoms with van der Waals surface area (Å²) in [6.07, 6.45) is 2.37. The van der Waals surface area contributed by atoms with Crippen LogP contribution in [0.4, 0.5) is 0 Å². The number of carbonyl (C=O) groups is 1. The average Bonchev–Trinajstić information content (AvgIpc) is 2.54. The molecule has 3 N–H and O–H groups in total. The summed E-state index contributed by atoms with van der Waals surface area (Å²) >= 11 is 6.54. The molecule has 0 radical (unpaired) electrons. The number of halogens is 1. The lowest BCUT2D eigenvalue weighted by molar-refractivity contribution is -0.0300. The normalized spacial score (nSPS) is 17.9. The van der Waals surface area contributed by atoms with Gasteiger partial charge in [0.2, 0.25) is 0 Å². The van der Waals surface area contributed by atoms with Gasteiger partial charge in [0, 0.05) is 6.54 Å². The number of carbonyl (C=O) groups excluding carboxylic acids is 1. The maximum Gasteiger partial charge on any atom is 0.277 e. The second-order valence-electron chi connectivity index (χ2n) is 3.94. The first-order chi connectivity index (χ1) is 7.52. The van der Waals surface area contributed by atoms with Crippen molar-refractivity contribution in [3.8, 4) is 0 Å². The summed E-state index contributed by atoms with van der Waals surface area (Å²) in [5.74, 6) is -0.423. The van der Waals surface area contributed by atoms with Crippen molar-refractivity contribution in [1.29, 1.82) is 0 Å². The van der Waals surface area contributed by atoms with Crippen LogP contribution >= 0.6 is 23.1 Å². The van der Waals surface area contributed by atoms with Gasteiger partial charge in [0.1, 0.15) is 9.90 Å². The van der Waals surface area contributed by atoms with Gasteiger partial charge in [-0.1, -0.05) is 23.1 Å². The highest BCUT2D eigenvalue weighted by Gasteiger charge is 2.34. The Bertz CT molecular complexity index is 464. The second-order valence-corrected chi connectivity index (χ2v) is 5.13. The second kappa shape index (κ2) is 4.20. The zero-order valence-corrected chi connectivity index (χ0v) is 9.95. The van der Waals surface area contributed by atoms with Gasteiger partial charge in [0.25, 0.3) is 11.5 Å². The molecule has 0 unspecified atom stereocenters. The molecule has 16 heavy (non-hydrogen) atoms. The number of hydrogen-bond acceptors (Lipinski definition) is 4. The zero-order valence-electron chi connectivity index (χ0n) is 8.38. The van der Waals surface area contributed by atoms with Gasteiger partial charge in [-0.3, -0.25) is 14.0 Å². The SMILES string of the molecule is O=C(NCC1(O)CCC1)c1s[nH]c(=O)c1Cl. The van der Waals surface area contributed by atoms with E-state index in [1.165, 1.54) is 0 Å². The van der Waals surface area contributed by atoms with Gasteiger partial charge in [-0.2, -0.15) is 0 Å². The van der Waals surface area contributed by atoms with E-state index in [1.807, 2.05) is 0 Å². The minimum absolute atomic E-state index is 0.0944. The van der Waals surface area contributed by atoms with Crippen LogP contribution in [-0.2, 0) is 0 Å². The predicted octanol–water partition coefficient (Wildman–Crippen LogP) is 0.735. The first-order valence-corrected chi connectivity index (χ1v) is 6.09. The van der Waals surface area contributed by atoms with Crippen LogP contribution in [0.2, 0.25) is 5.02 Å². The van der Waals surface area contributed by atoms with Crippen molar-refractivity contribution in [3.63, 3.8) is 0 Å². The first kappa shape index (κ1) is 11.6.